The molecule has 1 saturated carbocycles. The summed E-state index contributed by atoms with van der Waals surface area (Å²) in [6, 6.07) is 8.67. The van der Waals surface area contributed by atoms with Crippen molar-refractivity contribution in [3.05, 3.63) is 46.8 Å². The Morgan fingerprint density at radius 1 is 1.03 bits per heavy atom. The van der Waals surface area contributed by atoms with Crippen molar-refractivity contribution < 1.29 is 18.7 Å². The van der Waals surface area contributed by atoms with E-state index in [1.807, 2.05) is 13.8 Å². The number of hydrogen-bond acceptors (Lipinski definition) is 4. The predicted molar refractivity (Wildman–Crippen MR) is 133 cm³/mol. The van der Waals surface area contributed by atoms with Gasteiger partial charge in [-0.3, -0.25) is 4.79 Å². The first kappa shape index (κ1) is 24.6. The summed E-state index contributed by atoms with van der Waals surface area (Å²) in [6.07, 6.45) is 6.22. The van der Waals surface area contributed by atoms with Crippen LogP contribution in [0, 0.1) is 13.8 Å². The zero-order valence-electron chi connectivity index (χ0n) is 20.5. The molecule has 2 aromatic carbocycles. The molecule has 1 aliphatic carbocycles. The average molecular weight is 455 g/mol. The first-order valence-electron chi connectivity index (χ1n) is 11.6. The third-order valence-corrected chi connectivity index (χ3v) is 6.15. The number of anilines is 1. The van der Waals surface area contributed by atoms with E-state index in [2.05, 4.69) is 34.9 Å². The number of nitrogens with one attached hydrogen (secondary N) is 2. The number of carbonyl (C=O) groups is 1. The lowest BCUT2D eigenvalue weighted by molar-refractivity contribution is -0.119. The maximum atomic E-state index is 14.7. The zero-order chi connectivity index (χ0) is 24.1. The van der Waals surface area contributed by atoms with Gasteiger partial charge in [0.25, 0.3) is 5.91 Å². The molecule has 0 bridgehead atoms. The van der Waals surface area contributed by atoms with Gasteiger partial charge in [0.1, 0.15) is 11.5 Å². The van der Waals surface area contributed by atoms with Crippen molar-refractivity contribution in [3.63, 3.8) is 0 Å². The fourth-order valence-corrected chi connectivity index (χ4v) is 4.57. The maximum absolute atomic E-state index is 14.7. The summed E-state index contributed by atoms with van der Waals surface area (Å²) in [5.41, 5.74) is 4.99. The van der Waals surface area contributed by atoms with Crippen LogP contribution in [-0.2, 0) is 4.79 Å². The molecule has 0 aromatic heterocycles. The Labute approximate surface area is 196 Å². The lowest BCUT2D eigenvalue weighted by atomic mass is 9.91. The van der Waals surface area contributed by atoms with Gasteiger partial charge in [-0.15, -0.1) is 0 Å². The van der Waals surface area contributed by atoms with Gasteiger partial charge in [-0.1, -0.05) is 25.0 Å². The minimum Gasteiger partial charge on any atom is -0.496 e. The van der Waals surface area contributed by atoms with E-state index in [4.69, 9.17) is 9.47 Å². The predicted octanol–water partition coefficient (Wildman–Crippen LogP) is 6.18. The van der Waals surface area contributed by atoms with Crippen molar-refractivity contribution in [1.29, 1.82) is 0 Å². The van der Waals surface area contributed by atoms with E-state index in [0.717, 1.165) is 22.4 Å². The van der Waals surface area contributed by atoms with E-state index in [1.165, 1.54) is 31.8 Å². The van der Waals surface area contributed by atoms with Crippen LogP contribution in [0.25, 0.3) is 17.2 Å². The Bertz CT molecular complexity index is 1020. The van der Waals surface area contributed by atoms with Crippen LogP contribution in [0.15, 0.2) is 30.1 Å². The quantitative estimate of drug-likeness (QED) is 0.468. The number of ether oxygens (including phenoxy) is 2. The van der Waals surface area contributed by atoms with Gasteiger partial charge < -0.3 is 20.1 Å². The maximum Gasteiger partial charge on any atom is 0.280 e. The van der Waals surface area contributed by atoms with Crippen LogP contribution in [0.4, 0.5) is 10.1 Å². The first-order chi connectivity index (χ1) is 15.8. The molecule has 6 heteroatoms. The third kappa shape index (κ3) is 5.49. The molecule has 0 heterocycles. The fraction of sp³-hybridized carbons (Fsp3) is 0.444. The van der Waals surface area contributed by atoms with Gasteiger partial charge in [-0.2, -0.15) is 0 Å². The van der Waals surface area contributed by atoms with Gasteiger partial charge >= 0.3 is 0 Å². The highest BCUT2D eigenvalue weighted by molar-refractivity contribution is 5.97. The monoisotopic (exact) mass is 454 g/mol. The Morgan fingerprint density at radius 2 is 1.64 bits per heavy atom. The van der Waals surface area contributed by atoms with Crippen molar-refractivity contribution in [2.45, 2.75) is 65.5 Å². The van der Waals surface area contributed by atoms with Crippen molar-refractivity contribution in [1.82, 2.24) is 5.32 Å². The molecule has 1 amide bonds. The molecule has 1 fully saturated rings. The van der Waals surface area contributed by atoms with Crippen LogP contribution in [0.1, 0.15) is 56.2 Å². The number of halogens is 1. The molecule has 0 unspecified atom stereocenters. The Hall–Kier alpha value is -3.02. The summed E-state index contributed by atoms with van der Waals surface area (Å²) in [5.74, 6) is -0.476. The first-order valence-corrected chi connectivity index (χ1v) is 11.6. The third-order valence-electron chi connectivity index (χ3n) is 6.15. The molecule has 2 aromatic rings. The highest BCUT2D eigenvalue weighted by Crippen LogP contribution is 2.45. The van der Waals surface area contributed by atoms with E-state index < -0.39 is 11.7 Å². The molecule has 5 nitrogen and oxygen atoms in total. The number of benzene rings is 2. The highest BCUT2D eigenvalue weighted by atomic mass is 19.1. The van der Waals surface area contributed by atoms with Crippen LogP contribution in [-0.4, -0.2) is 32.2 Å². The molecule has 2 N–H and O–H groups in total. The second-order valence-electron chi connectivity index (χ2n) is 8.93. The molecular formula is C27H35FN2O3. The van der Waals surface area contributed by atoms with Crippen molar-refractivity contribution in [2.75, 3.05) is 19.5 Å². The number of carbonyl (C=O) groups excluding carboxylic acids is 1. The minimum absolute atomic E-state index is 0.163. The molecule has 0 aliphatic heterocycles. The fourth-order valence-electron chi connectivity index (χ4n) is 4.57. The van der Waals surface area contributed by atoms with Crippen LogP contribution in [0.5, 0.6) is 11.5 Å². The van der Waals surface area contributed by atoms with E-state index in [0.29, 0.717) is 28.7 Å². The standard InChI is InChI=1S/C27H35FN2O3/c1-16(2)29-27(31)23(28)15-22-17(3)26(33-6)24(18(4)25(22)32-5)19-11-13-21(14-12-19)30-20-9-7-8-10-20/h11-16,20,30H,7-10H2,1-6H3,(H,29,31)/b23-15-. The summed E-state index contributed by atoms with van der Waals surface area (Å²) in [7, 11) is 3.15. The zero-order valence-corrected chi connectivity index (χ0v) is 20.5. The summed E-state index contributed by atoms with van der Waals surface area (Å²) in [4.78, 5) is 12.1. The molecule has 1 aliphatic rings. The van der Waals surface area contributed by atoms with Gasteiger partial charge in [0.15, 0.2) is 5.83 Å². The topological polar surface area (TPSA) is 59.6 Å². The number of hydrogen-bond donors (Lipinski definition) is 2. The van der Waals surface area contributed by atoms with Gasteiger partial charge in [0.2, 0.25) is 0 Å². The van der Waals surface area contributed by atoms with E-state index >= 15 is 0 Å². The van der Waals surface area contributed by atoms with Crippen LogP contribution >= 0.6 is 0 Å². The Morgan fingerprint density at radius 3 is 2.18 bits per heavy atom. The van der Waals surface area contributed by atoms with Gasteiger partial charge in [0.05, 0.1) is 14.2 Å². The highest BCUT2D eigenvalue weighted by Gasteiger charge is 2.23. The number of methoxy groups -OCH3 is 2. The smallest absolute Gasteiger partial charge is 0.280 e. The van der Waals surface area contributed by atoms with Gasteiger partial charge in [0, 0.05) is 40.0 Å². The summed E-state index contributed by atoms with van der Waals surface area (Å²) >= 11 is 0. The minimum atomic E-state index is -0.873. The number of amides is 1. The lowest BCUT2D eigenvalue weighted by Crippen LogP contribution is -2.30. The van der Waals surface area contributed by atoms with Crippen LogP contribution in [0.3, 0.4) is 0 Å². The molecule has 33 heavy (non-hydrogen) atoms. The molecular weight excluding hydrogens is 419 g/mol. The molecule has 3 rings (SSSR count). The van der Waals surface area contributed by atoms with E-state index in [-0.39, 0.29) is 6.04 Å². The second-order valence-corrected chi connectivity index (χ2v) is 8.93. The Balaban J connectivity index is 2.03. The summed E-state index contributed by atoms with van der Waals surface area (Å²) in [6.45, 7) is 7.34. The van der Waals surface area contributed by atoms with Crippen molar-refractivity contribution in [2.24, 2.45) is 0 Å². The summed E-state index contributed by atoms with van der Waals surface area (Å²) in [5, 5.41) is 6.18. The molecule has 178 valence electrons. The molecule has 0 atom stereocenters. The van der Waals surface area contributed by atoms with Gasteiger partial charge in [-0.05, 0) is 64.3 Å². The van der Waals surface area contributed by atoms with Gasteiger partial charge in [-0.25, -0.2) is 4.39 Å². The Kier molecular flexibility index (Phi) is 8.01. The molecule has 0 spiro atoms. The summed E-state index contributed by atoms with van der Waals surface area (Å²) < 4.78 is 26.1. The number of rotatable bonds is 8. The lowest BCUT2D eigenvalue weighted by Gasteiger charge is -2.21. The normalized spacial score (nSPS) is 14.5. The van der Waals surface area contributed by atoms with Crippen LogP contribution < -0.4 is 20.1 Å². The second kappa shape index (κ2) is 10.7. The van der Waals surface area contributed by atoms with Crippen molar-refractivity contribution >= 4 is 17.7 Å². The SMILES string of the molecule is COc1c(C)c(-c2ccc(NC3CCCC3)cc2)c(OC)c(C)c1/C=C(\F)C(=O)NC(C)C. The average Bonchev–Trinajstić information content (AvgIpc) is 3.29. The van der Waals surface area contributed by atoms with E-state index in [1.54, 1.807) is 28.1 Å². The van der Waals surface area contributed by atoms with Crippen molar-refractivity contribution in [3.8, 4) is 22.6 Å². The van der Waals surface area contributed by atoms with E-state index in [9.17, 15) is 9.18 Å². The molecule has 0 saturated heterocycles. The van der Waals surface area contributed by atoms with Crippen LogP contribution in [0.2, 0.25) is 0 Å². The largest absolute Gasteiger partial charge is 0.496 e. The molecule has 0 radical (unpaired) electrons.